The first-order valence-electron chi connectivity index (χ1n) is 7.32. The van der Waals surface area contributed by atoms with Gasteiger partial charge in [-0.25, -0.2) is 0 Å². The van der Waals surface area contributed by atoms with Gasteiger partial charge in [0, 0.05) is 17.2 Å². The summed E-state index contributed by atoms with van der Waals surface area (Å²) in [4.78, 5) is 22.3. The van der Waals surface area contributed by atoms with Crippen molar-refractivity contribution in [1.82, 2.24) is 10.2 Å². The van der Waals surface area contributed by atoms with Gasteiger partial charge in [-0.2, -0.15) is 5.10 Å². The summed E-state index contributed by atoms with van der Waals surface area (Å²) in [5.74, 6) is -0.312. The molecule has 25 heavy (non-hydrogen) atoms. The molecule has 0 saturated heterocycles. The van der Waals surface area contributed by atoms with E-state index in [-0.39, 0.29) is 22.1 Å². The predicted octanol–water partition coefficient (Wildman–Crippen LogP) is 4.53. The Morgan fingerprint density at radius 2 is 1.92 bits per heavy atom. The van der Waals surface area contributed by atoms with Crippen LogP contribution >= 0.6 is 11.6 Å². The van der Waals surface area contributed by atoms with Gasteiger partial charge < -0.3 is 0 Å². The lowest BCUT2D eigenvalue weighted by atomic mass is 10.1. The Hall–Kier alpha value is -3.25. The molecule has 3 rings (SSSR count). The van der Waals surface area contributed by atoms with Crippen molar-refractivity contribution < 1.29 is 9.72 Å². The van der Waals surface area contributed by atoms with Crippen LogP contribution in [0.4, 0.5) is 5.69 Å². The molecule has 0 amide bonds. The fourth-order valence-corrected chi connectivity index (χ4v) is 2.50. The molecule has 124 valence electrons. The van der Waals surface area contributed by atoms with Gasteiger partial charge >= 0.3 is 0 Å². The molecule has 6 nitrogen and oxygen atoms in total. The van der Waals surface area contributed by atoms with E-state index in [1.807, 2.05) is 36.4 Å². The largest absolute Gasteiger partial charge is 0.289 e. The Balaban J connectivity index is 1.76. The van der Waals surface area contributed by atoms with Crippen molar-refractivity contribution >= 4 is 29.1 Å². The molecule has 0 unspecified atom stereocenters. The number of nitrogens with one attached hydrogen (secondary N) is 1. The number of benzene rings is 2. The zero-order valence-corrected chi connectivity index (χ0v) is 13.6. The highest BCUT2D eigenvalue weighted by atomic mass is 35.5. The first-order chi connectivity index (χ1) is 12.0. The second-order valence-electron chi connectivity index (χ2n) is 5.20. The van der Waals surface area contributed by atoms with E-state index in [4.69, 9.17) is 11.6 Å². The van der Waals surface area contributed by atoms with Gasteiger partial charge in [0.25, 0.3) is 5.69 Å². The molecule has 1 heterocycles. The lowest BCUT2D eigenvalue weighted by molar-refractivity contribution is -0.384. The number of rotatable bonds is 5. The zero-order valence-electron chi connectivity index (χ0n) is 12.8. The third-order valence-corrected chi connectivity index (χ3v) is 3.81. The fourth-order valence-electron chi connectivity index (χ4n) is 2.25. The molecular weight excluding hydrogens is 342 g/mol. The van der Waals surface area contributed by atoms with E-state index >= 15 is 0 Å². The average Bonchev–Trinajstić information content (AvgIpc) is 3.09. The molecule has 3 aromatic rings. The van der Waals surface area contributed by atoms with Crippen molar-refractivity contribution in [1.29, 1.82) is 0 Å². The molecule has 0 aliphatic heterocycles. The van der Waals surface area contributed by atoms with Gasteiger partial charge in [0.05, 0.1) is 16.3 Å². The maximum absolute atomic E-state index is 12.2. The first kappa shape index (κ1) is 16.6. The second-order valence-corrected chi connectivity index (χ2v) is 5.60. The van der Waals surface area contributed by atoms with Crippen molar-refractivity contribution in [2.24, 2.45) is 0 Å². The zero-order chi connectivity index (χ0) is 17.8. The number of aromatic amines is 1. The van der Waals surface area contributed by atoms with Gasteiger partial charge in [-0.1, -0.05) is 41.9 Å². The number of allylic oxidation sites excluding steroid dienone is 1. The number of hydrogen-bond donors (Lipinski definition) is 1. The van der Waals surface area contributed by atoms with E-state index in [1.54, 1.807) is 6.08 Å². The second kappa shape index (κ2) is 7.11. The molecule has 1 N–H and O–H groups in total. The van der Waals surface area contributed by atoms with Gasteiger partial charge in [-0.05, 0) is 30.4 Å². The van der Waals surface area contributed by atoms with Crippen LogP contribution in [-0.4, -0.2) is 20.9 Å². The van der Waals surface area contributed by atoms with Gasteiger partial charge in [0.2, 0.25) is 0 Å². The number of nitro groups is 1. The van der Waals surface area contributed by atoms with Crippen LogP contribution in [0, 0.1) is 10.1 Å². The number of carbonyl (C=O) groups is 1. The van der Waals surface area contributed by atoms with Crippen LogP contribution in [0.1, 0.15) is 16.1 Å². The van der Waals surface area contributed by atoms with Gasteiger partial charge in [0.1, 0.15) is 5.02 Å². The van der Waals surface area contributed by atoms with Crippen LogP contribution in [0.25, 0.3) is 17.3 Å². The van der Waals surface area contributed by atoms with Crippen LogP contribution in [-0.2, 0) is 0 Å². The number of aromatic nitrogens is 2. The van der Waals surface area contributed by atoms with Crippen LogP contribution < -0.4 is 0 Å². The molecule has 0 spiro atoms. The van der Waals surface area contributed by atoms with Crippen LogP contribution in [0.2, 0.25) is 5.02 Å². The summed E-state index contributed by atoms with van der Waals surface area (Å²) in [6.45, 7) is 0. The van der Waals surface area contributed by atoms with E-state index in [9.17, 15) is 14.9 Å². The van der Waals surface area contributed by atoms with Gasteiger partial charge in [0.15, 0.2) is 5.78 Å². The highest BCUT2D eigenvalue weighted by molar-refractivity contribution is 6.33. The van der Waals surface area contributed by atoms with E-state index in [2.05, 4.69) is 10.2 Å². The number of halogens is 1. The summed E-state index contributed by atoms with van der Waals surface area (Å²) >= 11 is 5.82. The molecule has 0 aliphatic carbocycles. The molecule has 0 fully saturated rings. The van der Waals surface area contributed by atoms with E-state index in [1.165, 1.54) is 24.3 Å². The number of carbonyl (C=O) groups excluding carboxylic acids is 1. The number of nitro benzene ring substituents is 1. The van der Waals surface area contributed by atoms with Crippen molar-refractivity contribution in [3.8, 4) is 11.3 Å². The number of H-pyrrole nitrogens is 1. The molecule has 1 aromatic heterocycles. The van der Waals surface area contributed by atoms with Crippen molar-refractivity contribution in [2.75, 3.05) is 0 Å². The lowest BCUT2D eigenvalue weighted by Gasteiger charge is -1.98. The lowest BCUT2D eigenvalue weighted by Crippen LogP contribution is -1.96. The molecule has 2 aromatic carbocycles. The Bertz CT molecular complexity index is 965. The Morgan fingerprint density at radius 3 is 2.60 bits per heavy atom. The van der Waals surface area contributed by atoms with Gasteiger partial charge in [-0.15, -0.1) is 0 Å². The molecule has 0 saturated carbocycles. The SMILES string of the molecule is O=C(/C=C/c1cc(-c2ccccc2)n[nH]1)c1ccc([N+](=O)[O-])c(Cl)c1. The van der Waals surface area contributed by atoms with Crippen LogP contribution in [0.5, 0.6) is 0 Å². The summed E-state index contributed by atoms with van der Waals surface area (Å²) in [6.07, 6.45) is 2.96. The third-order valence-electron chi connectivity index (χ3n) is 3.51. The summed E-state index contributed by atoms with van der Waals surface area (Å²) in [6, 6.07) is 15.3. The maximum Gasteiger partial charge on any atom is 0.287 e. The molecular formula is C18H12ClN3O3. The topological polar surface area (TPSA) is 88.9 Å². The quantitative estimate of drug-likeness (QED) is 0.316. The number of ketones is 1. The number of hydrogen-bond acceptors (Lipinski definition) is 4. The summed E-state index contributed by atoms with van der Waals surface area (Å²) in [7, 11) is 0. The molecule has 0 aliphatic rings. The Morgan fingerprint density at radius 1 is 1.16 bits per heavy atom. The van der Waals surface area contributed by atoms with Gasteiger partial charge in [-0.3, -0.25) is 20.0 Å². The standard InChI is InChI=1S/C18H12ClN3O3/c19-15-10-13(6-8-17(15)22(24)25)18(23)9-7-14-11-16(21-20-14)12-4-2-1-3-5-12/h1-11H,(H,20,21)/b9-7+. The summed E-state index contributed by atoms with van der Waals surface area (Å²) in [5.41, 5.74) is 2.44. The average molecular weight is 354 g/mol. The monoisotopic (exact) mass is 353 g/mol. The Kier molecular flexibility index (Phi) is 4.72. The van der Waals surface area contributed by atoms with Crippen molar-refractivity contribution in [3.05, 3.63) is 87.1 Å². The minimum Gasteiger partial charge on any atom is -0.289 e. The predicted molar refractivity (Wildman–Crippen MR) is 95.5 cm³/mol. The minimum absolute atomic E-state index is 0.0721. The van der Waals surface area contributed by atoms with E-state index in [0.717, 1.165) is 11.3 Å². The van der Waals surface area contributed by atoms with E-state index < -0.39 is 4.92 Å². The van der Waals surface area contributed by atoms with Crippen LogP contribution in [0.15, 0.2) is 60.7 Å². The first-order valence-corrected chi connectivity index (χ1v) is 7.69. The third kappa shape index (κ3) is 3.81. The van der Waals surface area contributed by atoms with E-state index in [0.29, 0.717) is 5.69 Å². The molecule has 0 atom stereocenters. The summed E-state index contributed by atoms with van der Waals surface area (Å²) < 4.78 is 0. The highest BCUT2D eigenvalue weighted by Gasteiger charge is 2.14. The molecule has 0 bridgehead atoms. The minimum atomic E-state index is -0.595. The highest BCUT2D eigenvalue weighted by Crippen LogP contribution is 2.25. The number of nitrogens with zero attached hydrogens (tertiary/aromatic N) is 2. The normalized spacial score (nSPS) is 10.9. The van der Waals surface area contributed by atoms with Crippen molar-refractivity contribution in [2.45, 2.75) is 0 Å². The smallest absolute Gasteiger partial charge is 0.287 e. The molecule has 0 radical (unpaired) electrons. The maximum atomic E-state index is 12.2. The molecule has 7 heteroatoms. The van der Waals surface area contributed by atoms with Crippen LogP contribution in [0.3, 0.4) is 0 Å². The fraction of sp³-hybridized carbons (Fsp3) is 0. The summed E-state index contributed by atoms with van der Waals surface area (Å²) in [5, 5.41) is 17.7. The Labute approximate surface area is 147 Å². The van der Waals surface area contributed by atoms with Crippen molar-refractivity contribution in [3.63, 3.8) is 0 Å².